The molecule has 3 rings (SSSR count). The maximum Gasteiger partial charge on any atom is 0.311 e. The molecular formula is C17H14ClN3O6. The van der Waals surface area contributed by atoms with Gasteiger partial charge in [-0.05, 0) is 24.6 Å². The van der Waals surface area contributed by atoms with Gasteiger partial charge in [-0.2, -0.15) is 5.10 Å². The number of nitro groups is 1. The van der Waals surface area contributed by atoms with E-state index in [2.05, 4.69) is 10.5 Å². The molecule has 140 valence electrons. The Morgan fingerprint density at radius 3 is 2.85 bits per heavy atom. The second kappa shape index (κ2) is 7.92. The van der Waals surface area contributed by atoms with E-state index in [-0.39, 0.29) is 18.2 Å². The highest BCUT2D eigenvalue weighted by Gasteiger charge is 2.17. The van der Waals surface area contributed by atoms with Crippen molar-refractivity contribution in [2.45, 2.75) is 6.92 Å². The zero-order valence-corrected chi connectivity index (χ0v) is 14.9. The van der Waals surface area contributed by atoms with Crippen LogP contribution in [0.2, 0.25) is 5.02 Å². The molecule has 1 amide bonds. The Kier molecular flexibility index (Phi) is 5.41. The van der Waals surface area contributed by atoms with Crippen LogP contribution in [0.25, 0.3) is 0 Å². The first kappa shape index (κ1) is 18.5. The normalized spacial score (nSPS) is 12.2. The van der Waals surface area contributed by atoms with Crippen molar-refractivity contribution < 1.29 is 23.9 Å². The van der Waals surface area contributed by atoms with Crippen LogP contribution < -0.4 is 19.6 Å². The summed E-state index contributed by atoms with van der Waals surface area (Å²) in [6, 6.07) is 7.68. The Morgan fingerprint density at radius 1 is 1.37 bits per heavy atom. The molecule has 10 heteroatoms. The predicted molar refractivity (Wildman–Crippen MR) is 96.6 cm³/mol. The molecule has 0 fully saturated rings. The number of amides is 1. The number of benzene rings is 2. The summed E-state index contributed by atoms with van der Waals surface area (Å²) in [5.74, 6) is 0.484. The molecule has 2 aromatic carbocycles. The summed E-state index contributed by atoms with van der Waals surface area (Å²) in [4.78, 5) is 22.3. The van der Waals surface area contributed by atoms with Gasteiger partial charge in [-0.15, -0.1) is 0 Å². The average molecular weight is 392 g/mol. The lowest BCUT2D eigenvalue weighted by Crippen LogP contribution is -2.24. The van der Waals surface area contributed by atoms with Crippen molar-refractivity contribution in [2.75, 3.05) is 13.4 Å². The van der Waals surface area contributed by atoms with Crippen LogP contribution in [-0.4, -0.2) is 30.4 Å². The standard InChI is InChI=1S/C17H14ClN3O6/c1-10-2-3-14(13(4-10)21(23)24)25-8-17(22)20-19-7-11-5-15-16(6-12(11)18)27-9-26-15/h2-7H,8-9H2,1H3,(H,20,22)/b19-7-. The third kappa shape index (κ3) is 4.45. The fraction of sp³-hybridized carbons (Fsp3) is 0.176. The first-order valence-electron chi connectivity index (χ1n) is 7.73. The number of aryl methyl sites for hydroxylation is 1. The summed E-state index contributed by atoms with van der Waals surface area (Å²) < 4.78 is 15.7. The van der Waals surface area contributed by atoms with Gasteiger partial charge in [0.05, 0.1) is 16.2 Å². The smallest absolute Gasteiger partial charge is 0.311 e. The molecule has 0 saturated heterocycles. The molecule has 0 aromatic heterocycles. The lowest BCUT2D eigenvalue weighted by Gasteiger charge is -2.06. The monoisotopic (exact) mass is 391 g/mol. The number of nitrogens with one attached hydrogen (secondary N) is 1. The number of nitrogens with zero attached hydrogens (tertiary/aromatic N) is 2. The molecule has 0 bridgehead atoms. The molecule has 0 aliphatic carbocycles. The van der Waals surface area contributed by atoms with Crippen LogP contribution >= 0.6 is 11.6 Å². The zero-order chi connectivity index (χ0) is 19.4. The van der Waals surface area contributed by atoms with E-state index in [4.69, 9.17) is 25.8 Å². The SMILES string of the molecule is Cc1ccc(OCC(=O)N/N=C\c2cc3c(cc2Cl)OCO3)c([N+](=O)[O-])c1. The van der Waals surface area contributed by atoms with E-state index in [1.165, 1.54) is 18.3 Å². The van der Waals surface area contributed by atoms with E-state index in [0.29, 0.717) is 27.6 Å². The fourth-order valence-electron chi connectivity index (χ4n) is 2.27. The molecule has 0 radical (unpaired) electrons. The van der Waals surface area contributed by atoms with Crippen LogP contribution in [0.5, 0.6) is 17.2 Å². The van der Waals surface area contributed by atoms with Crippen molar-refractivity contribution in [3.05, 3.63) is 56.6 Å². The topological polar surface area (TPSA) is 112 Å². The molecule has 2 aromatic rings. The molecule has 1 N–H and O–H groups in total. The van der Waals surface area contributed by atoms with Crippen LogP contribution in [0, 0.1) is 17.0 Å². The highest BCUT2D eigenvalue weighted by atomic mass is 35.5. The van der Waals surface area contributed by atoms with Crippen molar-refractivity contribution in [1.82, 2.24) is 5.43 Å². The molecule has 0 saturated carbocycles. The number of carbonyl (C=O) groups is 1. The summed E-state index contributed by atoms with van der Waals surface area (Å²) in [7, 11) is 0. The number of hydrogen-bond donors (Lipinski definition) is 1. The van der Waals surface area contributed by atoms with Gasteiger partial charge in [0.1, 0.15) is 0 Å². The lowest BCUT2D eigenvalue weighted by molar-refractivity contribution is -0.385. The van der Waals surface area contributed by atoms with Crippen molar-refractivity contribution in [2.24, 2.45) is 5.10 Å². The van der Waals surface area contributed by atoms with Gasteiger partial charge in [0, 0.05) is 17.7 Å². The molecule has 0 spiro atoms. The summed E-state index contributed by atoms with van der Waals surface area (Å²) in [5.41, 5.74) is 3.29. The minimum Gasteiger partial charge on any atom is -0.477 e. The predicted octanol–water partition coefficient (Wildman–Crippen LogP) is 2.81. The molecule has 1 aliphatic rings. The van der Waals surface area contributed by atoms with Gasteiger partial charge in [-0.25, -0.2) is 5.43 Å². The Bertz CT molecular complexity index is 931. The lowest BCUT2D eigenvalue weighted by atomic mass is 10.2. The van der Waals surface area contributed by atoms with Gasteiger partial charge >= 0.3 is 5.69 Å². The first-order valence-corrected chi connectivity index (χ1v) is 8.10. The summed E-state index contributed by atoms with van der Waals surface area (Å²) in [6.07, 6.45) is 1.34. The van der Waals surface area contributed by atoms with Crippen molar-refractivity contribution in [3.63, 3.8) is 0 Å². The van der Waals surface area contributed by atoms with E-state index in [1.807, 2.05) is 0 Å². The number of nitro benzene ring substituents is 1. The first-order chi connectivity index (χ1) is 12.9. The maximum absolute atomic E-state index is 11.8. The zero-order valence-electron chi connectivity index (χ0n) is 14.1. The molecule has 1 aliphatic heterocycles. The summed E-state index contributed by atoms with van der Waals surface area (Å²) in [6.45, 7) is 1.40. The van der Waals surface area contributed by atoms with E-state index in [9.17, 15) is 14.9 Å². The number of rotatable bonds is 6. The Balaban J connectivity index is 1.58. The summed E-state index contributed by atoms with van der Waals surface area (Å²) in [5, 5.41) is 15.2. The quantitative estimate of drug-likeness (QED) is 0.460. The van der Waals surface area contributed by atoms with Gasteiger partial charge in [-0.3, -0.25) is 14.9 Å². The van der Waals surface area contributed by atoms with E-state index in [1.54, 1.807) is 25.1 Å². The van der Waals surface area contributed by atoms with Gasteiger partial charge in [0.25, 0.3) is 5.91 Å². The molecule has 27 heavy (non-hydrogen) atoms. The third-order valence-electron chi connectivity index (χ3n) is 3.55. The molecular weight excluding hydrogens is 378 g/mol. The highest BCUT2D eigenvalue weighted by molar-refractivity contribution is 6.33. The Hall–Kier alpha value is -3.33. The van der Waals surface area contributed by atoms with Crippen LogP contribution in [0.4, 0.5) is 5.69 Å². The van der Waals surface area contributed by atoms with Gasteiger partial charge in [-0.1, -0.05) is 17.7 Å². The average Bonchev–Trinajstić information content (AvgIpc) is 3.07. The van der Waals surface area contributed by atoms with E-state index in [0.717, 1.165) is 0 Å². The second-order valence-electron chi connectivity index (χ2n) is 5.54. The molecule has 0 atom stereocenters. The summed E-state index contributed by atoms with van der Waals surface area (Å²) >= 11 is 6.10. The molecule has 9 nitrogen and oxygen atoms in total. The third-order valence-corrected chi connectivity index (χ3v) is 3.88. The number of hydrazone groups is 1. The van der Waals surface area contributed by atoms with Crippen LogP contribution in [0.15, 0.2) is 35.4 Å². The second-order valence-corrected chi connectivity index (χ2v) is 5.94. The maximum atomic E-state index is 11.8. The van der Waals surface area contributed by atoms with Crippen molar-refractivity contribution in [1.29, 1.82) is 0 Å². The van der Waals surface area contributed by atoms with E-state index < -0.39 is 17.4 Å². The minimum atomic E-state index is -0.585. The Morgan fingerprint density at radius 2 is 2.11 bits per heavy atom. The van der Waals surface area contributed by atoms with E-state index >= 15 is 0 Å². The molecule has 1 heterocycles. The van der Waals surface area contributed by atoms with Gasteiger partial charge < -0.3 is 14.2 Å². The van der Waals surface area contributed by atoms with Crippen LogP contribution in [-0.2, 0) is 4.79 Å². The number of halogens is 1. The fourth-order valence-corrected chi connectivity index (χ4v) is 2.48. The number of carbonyl (C=O) groups excluding carboxylic acids is 1. The van der Waals surface area contributed by atoms with Gasteiger partial charge in [0.2, 0.25) is 6.79 Å². The van der Waals surface area contributed by atoms with Gasteiger partial charge in [0.15, 0.2) is 23.9 Å². The van der Waals surface area contributed by atoms with Crippen molar-refractivity contribution >= 4 is 29.4 Å². The number of hydrogen-bond acceptors (Lipinski definition) is 7. The van der Waals surface area contributed by atoms with Crippen LogP contribution in [0.3, 0.4) is 0 Å². The largest absolute Gasteiger partial charge is 0.477 e. The van der Waals surface area contributed by atoms with Crippen molar-refractivity contribution in [3.8, 4) is 17.2 Å². The van der Waals surface area contributed by atoms with Crippen LogP contribution in [0.1, 0.15) is 11.1 Å². The highest BCUT2D eigenvalue weighted by Crippen LogP contribution is 2.36. The number of fused-ring (bicyclic) bond motifs is 1. The number of ether oxygens (including phenoxy) is 3. The molecule has 0 unspecified atom stereocenters. The Labute approximate surface area is 158 Å². The minimum absolute atomic E-state index is 0.00328.